The Morgan fingerprint density at radius 1 is 0.429 bits per heavy atom. The van der Waals surface area contributed by atoms with Crippen LogP contribution >= 0.6 is 22.7 Å². The van der Waals surface area contributed by atoms with E-state index in [1.165, 1.54) is 154 Å². The van der Waals surface area contributed by atoms with Crippen LogP contribution < -0.4 is 31.1 Å². The molecule has 84 heavy (non-hydrogen) atoms. The molecule has 0 amide bonds. The van der Waals surface area contributed by atoms with E-state index < -0.39 is 0 Å². The maximum atomic E-state index is 2.88. The number of rotatable bonds is 4. The fourth-order valence-corrected chi connectivity index (χ4v) is 18.8. The zero-order chi connectivity index (χ0) is 57.8. The lowest BCUT2D eigenvalue weighted by Gasteiger charge is -2.51. The topological polar surface area (TPSA) is 9.72 Å². The van der Waals surface area contributed by atoms with Crippen molar-refractivity contribution in [2.24, 2.45) is 0 Å². The first-order valence-corrected chi connectivity index (χ1v) is 32.7. The van der Waals surface area contributed by atoms with Crippen LogP contribution in [0.3, 0.4) is 0 Å². The molecule has 0 N–H and O–H groups in total. The van der Waals surface area contributed by atoms with Gasteiger partial charge < -0.3 is 14.7 Å². The van der Waals surface area contributed by atoms with Crippen LogP contribution in [0.15, 0.2) is 170 Å². The van der Waals surface area contributed by atoms with Crippen LogP contribution in [0.5, 0.6) is 0 Å². The van der Waals surface area contributed by atoms with Crippen LogP contribution in [0.4, 0.5) is 45.5 Å². The van der Waals surface area contributed by atoms with E-state index in [1.807, 2.05) is 22.7 Å². The maximum Gasteiger partial charge on any atom is 0.252 e. The molecule has 3 aliphatic heterocycles. The molecule has 0 radical (unpaired) electrons. The highest BCUT2D eigenvalue weighted by atomic mass is 32.1. The number of hydrogen-bond donors (Lipinski definition) is 0. The number of hydrogen-bond acceptors (Lipinski definition) is 5. The summed E-state index contributed by atoms with van der Waals surface area (Å²) >= 11 is 3.86. The van der Waals surface area contributed by atoms with Gasteiger partial charge in [-0.15, -0.1) is 22.7 Å². The predicted octanol–water partition coefficient (Wildman–Crippen LogP) is 20.9. The first kappa shape index (κ1) is 52.4. The molecule has 16 rings (SSSR count). The molecule has 0 bridgehead atoms. The second-order valence-electron chi connectivity index (χ2n) is 29.4. The summed E-state index contributed by atoms with van der Waals surface area (Å²) in [4.78, 5) is 8.46. The zero-order valence-electron chi connectivity index (χ0n) is 51.1. The summed E-state index contributed by atoms with van der Waals surface area (Å²) in [6, 6.07) is 67.7. The molecule has 11 aromatic rings. The van der Waals surface area contributed by atoms with Gasteiger partial charge in [-0.1, -0.05) is 192 Å². The highest BCUT2D eigenvalue weighted by Gasteiger charge is 2.59. The van der Waals surface area contributed by atoms with Gasteiger partial charge in [-0.2, -0.15) is 0 Å². The molecule has 1 saturated carbocycles. The van der Waals surface area contributed by atoms with E-state index >= 15 is 0 Å². The van der Waals surface area contributed by atoms with E-state index in [4.69, 9.17) is 0 Å². The van der Waals surface area contributed by atoms with Crippen LogP contribution in [0.1, 0.15) is 149 Å². The van der Waals surface area contributed by atoms with Gasteiger partial charge in [0.2, 0.25) is 0 Å². The summed E-state index contributed by atoms with van der Waals surface area (Å²) in [6.45, 7) is 29.5. The van der Waals surface area contributed by atoms with Crippen LogP contribution in [0.2, 0.25) is 0 Å². The second-order valence-corrected chi connectivity index (χ2v) is 31.6. The van der Waals surface area contributed by atoms with Crippen molar-refractivity contribution in [3.63, 3.8) is 0 Å². The van der Waals surface area contributed by atoms with Crippen molar-refractivity contribution in [3.05, 3.63) is 198 Å². The zero-order valence-corrected chi connectivity index (χ0v) is 52.8. The Hall–Kier alpha value is -7.12. The molecule has 5 heterocycles. The minimum atomic E-state index is -0.197. The van der Waals surface area contributed by atoms with Crippen molar-refractivity contribution >= 4 is 132 Å². The van der Waals surface area contributed by atoms with Gasteiger partial charge in [0.25, 0.3) is 6.71 Å². The Morgan fingerprint density at radius 3 is 1.70 bits per heavy atom. The summed E-state index contributed by atoms with van der Waals surface area (Å²) in [6.07, 6.45) is 7.01. The number of fused-ring (bicyclic) bond motifs is 15. The van der Waals surface area contributed by atoms with Crippen molar-refractivity contribution in [2.45, 2.75) is 154 Å². The first-order chi connectivity index (χ1) is 40.1. The van der Waals surface area contributed by atoms with Gasteiger partial charge in [-0.05, 0) is 171 Å². The Kier molecular flexibility index (Phi) is 11.1. The lowest BCUT2D eigenvalue weighted by Crippen LogP contribution is -2.62. The lowest BCUT2D eigenvalue weighted by atomic mass is 9.33. The molecule has 0 saturated heterocycles. The van der Waals surface area contributed by atoms with Gasteiger partial charge in [-0.3, -0.25) is 0 Å². The standard InChI is InChI=1S/C78H76BN3S2/c1-73(2,3)48-31-34-59(53(41-48)47-23-14-13-15-24-47)81-64-44-50(82-60-35-32-49(74(4,5)6)42-56(60)77(11)37-20-21-38-78(77,82)12)43-63-71(64)79(57-33-36-68-70(72(57)81)52-26-17-19-29-66(52)84-68)58-45-54-55(76(9,10)40-39-75(54,7)8)46-62(58)80(63)61-27-22-30-67-69(61)51-25-16-18-28-65(51)83-67/h13-19,22-36,41-46H,20-21,37-40H2,1-12H3. The molecule has 3 nitrogen and oxygen atoms in total. The minimum Gasteiger partial charge on any atom is -0.334 e. The summed E-state index contributed by atoms with van der Waals surface area (Å²) in [7, 11) is 0. The minimum absolute atomic E-state index is 0.00419. The Bertz CT molecular complexity index is 4600. The predicted molar refractivity (Wildman–Crippen MR) is 367 cm³/mol. The molecule has 0 spiro atoms. The van der Waals surface area contributed by atoms with Crippen LogP contribution in [-0.2, 0) is 27.1 Å². The molecule has 418 valence electrons. The summed E-state index contributed by atoms with van der Waals surface area (Å²) < 4.78 is 5.29. The summed E-state index contributed by atoms with van der Waals surface area (Å²) in [5.74, 6) is 0. The fraction of sp³-hybridized carbons (Fsp3) is 0.308. The highest BCUT2D eigenvalue weighted by Crippen LogP contribution is 2.63. The van der Waals surface area contributed by atoms with E-state index in [-0.39, 0.29) is 39.3 Å². The van der Waals surface area contributed by atoms with E-state index in [1.54, 1.807) is 0 Å². The van der Waals surface area contributed by atoms with E-state index in [9.17, 15) is 0 Å². The SMILES string of the molecule is CC(C)(C)c1ccc(N2c3cc(N4c5ccc(C(C)(C)C)cc5C5(C)CCCCC45C)cc4c3B(c3cc5c(cc3N4c3cccc4sc6ccccc6c34)C(C)(C)CCC5(C)C)c3ccc4sc5ccccc5c4c32)c(-c2ccccc2)c1. The van der Waals surface area contributed by atoms with Crippen molar-refractivity contribution < 1.29 is 0 Å². The third kappa shape index (κ3) is 7.29. The van der Waals surface area contributed by atoms with Crippen LogP contribution in [0.25, 0.3) is 51.5 Å². The van der Waals surface area contributed by atoms with E-state index in [0.717, 1.165) is 25.7 Å². The van der Waals surface area contributed by atoms with E-state index in [0.29, 0.717) is 0 Å². The fourth-order valence-electron chi connectivity index (χ4n) is 16.6. The third-order valence-electron chi connectivity index (χ3n) is 21.6. The first-order valence-electron chi connectivity index (χ1n) is 31.1. The van der Waals surface area contributed by atoms with Gasteiger partial charge in [0.15, 0.2) is 0 Å². The normalized spacial score (nSPS) is 20.3. The molecule has 6 heteroatoms. The lowest BCUT2D eigenvalue weighted by molar-refractivity contribution is 0.195. The molecule has 9 aromatic carbocycles. The molecule has 1 fully saturated rings. The summed E-state index contributed by atoms with van der Waals surface area (Å²) in [5.41, 5.74) is 23.7. The molecular formula is C78H76BN3S2. The molecule has 5 aliphatic rings. The van der Waals surface area contributed by atoms with Crippen molar-refractivity contribution in [2.75, 3.05) is 14.7 Å². The van der Waals surface area contributed by atoms with Crippen LogP contribution in [-0.4, -0.2) is 12.3 Å². The second kappa shape index (κ2) is 17.7. The Morgan fingerprint density at radius 2 is 1.01 bits per heavy atom. The van der Waals surface area contributed by atoms with Crippen LogP contribution in [0, 0.1) is 0 Å². The monoisotopic (exact) mass is 1130 g/mol. The van der Waals surface area contributed by atoms with Gasteiger partial charge in [0, 0.05) is 79.8 Å². The molecular weight excluding hydrogens is 1050 g/mol. The van der Waals surface area contributed by atoms with Gasteiger partial charge >= 0.3 is 0 Å². The summed E-state index contributed by atoms with van der Waals surface area (Å²) in [5, 5.41) is 5.31. The van der Waals surface area contributed by atoms with Gasteiger partial charge in [-0.25, -0.2) is 0 Å². The number of anilines is 8. The Labute approximate surface area is 506 Å². The average Bonchev–Trinajstić information content (AvgIpc) is 1.25. The number of thiophene rings is 2. The number of benzene rings is 9. The highest BCUT2D eigenvalue weighted by molar-refractivity contribution is 7.26. The smallest absolute Gasteiger partial charge is 0.252 e. The molecule has 2 atom stereocenters. The van der Waals surface area contributed by atoms with Crippen molar-refractivity contribution in [1.29, 1.82) is 0 Å². The van der Waals surface area contributed by atoms with E-state index in [2.05, 4.69) is 268 Å². The third-order valence-corrected chi connectivity index (χ3v) is 23.8. The van der Waals surface area contributed by atoms with Gasteiger partial charge in [0.1, 0.15) is 0 Å². The Balaban J connectivity index is 1.11. The number of nitrogens with zero attached hydrogens (tertiary/aromatic N) is 3. The average molecular weight is 1130 g/mol. The van der Waals surface area contributed by atoms with Crippen molar-refractivity contribution in [3.8, 4) is 11.1 Å². The molecule has 2 aromatic heterocycles. The molecule has 2 aliphatic carbocycles. The largest absolute Gasteiger partial charge is 0.334 e. The van der Waals surface area contributed by atoms with Crippen molar-refractivity contribution in [1.82, 2.24) is 0 Å². The quantitative estimate of drug-likeness (QED) is 0.163. The van der Waals surface area contributed by atoms with Gasteiger partial charge in [0.05, 0.1) is 22.6 Å². The molecule has 2 unspecified atom stereocenters. The maximum absolute atomic E-state index is 2.88.